The van der Waals surface area contributed by atoms with Crippen molar-refractivity contribution >= 4 is 30.1 Å². The molecule has 3 atom stereocenters. The van der Waals surface area contributed by atoms with Crippen LogP contribution in [0, 0.1) is 0 Å². The molecule has 2 aliphatic heterocycles. The standard InChI is InChI=1S/C21H24N2OS.ClH/c24-21(23-14-13-17-11-12-18(15-23)22-17)20(16-7-3-1-4-8-16)25-19-9-5-2-6-10-19;/h1-10,17-18,20,22H,11-15H2;1H. The fourth-order valence-corrected chi connectivity index (χ4v) is 4.96. The molecule has 0 radical (unpaired) electrons. The monoisotopic (exact) mass is 388 g/mol. The van der Waals surface area contributed by atoms with Crippen molar-refractivity contribution < 1.29 is 4.79 Å². The van der Waals surface area contributed by atoms with E-state index in [1.165, 1.54) is 12.8 Å². The number of rotatable bonds is 4. The Morgan fingerprint density at radius 2 is 1.62 bits per heavy atom. The maximum Gasteiger partial charge on any atom is 0.240 e. The number of amides is 1. The Balaban J connectivity index is 0.00000196. The number of benzene rings is 2. The Hall–Kier alpha value is -1.49. The van der Waals surface area contributed by atoms with Crippen molar-refractivity contribution in [3.05, 3.63) is 66.2 Å². The van der Waals surface area contributed by atoms with Crippen LogP contribution in [0.25, 0.3) is 0 Å². The predicted molar refractivity (Wildman–Crippen MR) is 110 cm³/mol. The van der Waals surface area contributed by atoms with Gasteiger partial charge in [-0.1, -0.05) is 48.5 Å². The molecule has 2 aromatic carbocycles. The predicted octanol–water partition coefficient (Wildman–Crippen LogP) is 4.29. The molecule has 5 heteroatoms. The lowest BCUT2D eigenvalue weighted by Gasteiger charge is -2.28. The summed E-state index contributed by atoms with van der Waals surface area (Å²) in [6.07, 6.45) is 3.52. The third-order valence-electron chi connectivity index (χ3n) is 5.16. The number of carbonyl (C=O) groups excluding carboxylic acids is 1. The van der Waals surface area contributed by atoms with Crippen molar-refractivity contribution in [3.8, 4) is 0 Å². The molecule has 138 valence electrons. The van der Waals surface area contributed by atoms with Crippen LogP contribution in [0.15, 0.2) is 65.6 Å². The number of hydrogen-bond acceptors (Lipinski definition) is 3. The second-order valence-electron chi connectivity index (χ2n) is 6.93. The highest BCUT2D eigenvalue weighted by atomic mass is 35.5. The summed E-state index contributed by atoms with van der Waals surface area (Å²) >= 11 is 1.66. The van der Waals surface area contributed by atoms with Crippen LogP contribution in [0.3, 0.4) is 0 Å². The SMILES string of the molecule is Cl.O=C(C(Sc1ccccc1)c1ccccc1)N1CCC2CCC(C1)N2. The van der Waals surface area contributed by atoms with Crippen LogP contribution in [0.1, 0.15) is 30.1 Å². The number of thioether (sulfide) groups is 1. The molecule has 4 rings (SSSR count). The van der Waals surface area contributed by atoms with E-state index in [1.807, 2.05) is 36.4 Å². The molecule has 0 aliphatic carbocycles. The fraction of sp³-hybridized carbons (Fsp3) is 0.381. The van der Waals surface area contributed by atoms with Crippen LogP contribution in [-0.2, 0) is 4.79 Å². The average Bonchev–Trinajstić information content (AvgIpc) is 2.99. The van der Waals surface area contributed by atoms with Gasteiger partial charge in [-0.25, -0.2) is 0 Å². The summed E-state index contributed by atoms with van der Waals surface area (Å²) in [5, 5.41) is 3.49. The van der Waals surface area contributed by atoms with Crippen molar-refractivity contribution in [1.29, 1.82) is 0 Å². The zero-order valence-electron chi connectivity index (χ0n) is 14.7. The van der Waals surface area contributed by atoms with Gasteiger partial charge in [0, 0.05) is 30.1 Å². The van der Waals surface area contributed by atoms with Gasteiger partial charge < -0.3 is 10.2 Å². The van der Waals surface area contributed by atoms with Crippen LogP contribution in [-0.4, -0.2) is 36.0 Å². The van der Waals surface area contributed by atoms with E-state index in [2.05, 4.69) is 34.5 Å². The molecule has 2 saturated heterocycles. The number of fused-ring (bicyclic) bond motifs is 2. The van der Waals surface area contributed by atoms with Crippen LogP contribution >= 0.6 is 24.2 Å². The van der Waals surface area contributed by atoms with E-state index in [1.54, 1.807) is 11.8 Å². The molecule has 2 aromatic rings. The molecular formula is C21H25ClN2OS. The zero-order valence-corrected chi connectivity index (χ0v) is 16.3. The highest BCUT2D eigenvalue weighted by Crippen LogP contribution is 2.37. The lowest BCUT2D eigenvalue weighted by Crippen LogP contribution is -2.40. The number of likely N-dealkylation sites (tertiary alicyclic amines) is 1. The number of carbonyl (C=O) groups is 1. The van der Waals surface area contributed by atoms with E-state index in [-0.39, 0.29) is 23.6 Å². The largest absolute Gasteiger partial charge is 0.340 e. The quantitative estimate of drug-likeness (QED) is 0.793. The number of nitrogens with zero attached hydrogens (tertiary/aromatic N) is 1. The molecular weight excluding hydrogens is 364 g/mol. The highest BCUT2D eigenvalue weighted by Gasteiger charge is 2.34. The van der Waals surface area contributed by atoms with Crippen LogP contribution in [0.2, 0.25) is 0 Å². The Bertz CT molecular complexity index is 712. The minimum atomic E-state index is -0.180. The summed E-state index contributed by atoms with van der Waals surface area (Å²) in [6.45, 7) is 1.71. The molecule has 2 bridgehead atoms. The van der Waals surface area contributed by atoms with E-state index in [4.69, 9.17) is 0 Å². The topological polar surface area (TPSA) is 32.3 Å². The van der Waals surface area contributed by atoms with Gasteiger partial charge in [0.2, 0.25) is 5.91 Å². The van der Waals surface area contributed by atoms with Crippen molar-refractivity contribution in [2.75, 3.05) is 13.1 Å². The molecule has 1 amide bonds. The Kier molecular flexibility index (Phi) is 6.63. The summed E-state index contributed by atoms with van der Waals surface area (Å²) < 4.78 is 0. The molecule has 3 nitrogen and oxygen atoms in total. The first-order valence-corrected chi connectivity index (χ1v) is 9.99. The molecule has 2 aliphatic rings. The minimum absolute atomic E-state index is 0. The van der Waals surface area contributed by atoms with E-state index >= 15 is 0 Å². The molecule has 0 spiro atoms. The van der Waals surface area contributed by atoms with E-state index in [0.29, 0.717) is 12.1 Å². The maximum atomic E-state index is 13.4. The Labute approximate surface area is 166 Å². The lowest BCUT2D eigenvalue weighted by atomic mass is 10.1. The summed E-state index contributed by atoms with van der Waals surface area (Å²) in [7, 11) is 0. The smallest absolute Gasteiger partial charge is 0.240 e. The first kappa shape index (κ1) is 19.3. The number of halogens is 1. The van der Waals surface area contributed by atoms with Crippen LogP contribution < -0.4 is 5.32 Å². The molecule has 26 heavy (non-hydrogen) atoms. The van der Waals surface area contributed by atoms with Crippen LogP contribution in [0.4, 0.5) is 0 Å². The fourth-order valence-electron chi connectivity index (χ4n) is 3.83. The van der Waals surface area contributed by atoms with Gasteiger partial charge in [-0.05, 0) is 37.0 Å². The molecule has 1 N–H and O–H groups in total. The second-order valence-corrected chi connectivity index (χ2v) is 8.11. The van der Waals surface area contributed by atoms with Gasteiger partial charge in [0.15, 0.2) is 0 Å². The minimum Gasteiger partial charge on any atom is -0.340 e. The zero-order chi connectivity index (χ0) is 17.1. The Morgan fingerprint density at radius 3 is 2.35 bits per heavy atom. The Morgan fingerprint density at radius 1 is 0.962 bits per heavy atom. The third kappa shape index (κ3) is 4.43. The second kappa shape index (κ2) is 8.94. The number of hydrogen-bond donors (Lipinski definition) is 1. The van der Waals surface area contributed by atoms with Crippen LogP contribution in [0.5, 0.6) is 0 Å². The van der Waals surface area contributed by atoms with Crippen molar-refractivity contribution in [1.82, 2.24) is 10.2 Å². The summed E-state index contributed by atoms with van der Waals surface area (Å²) in [5.74, 6) is 0.245. The molecule has 3 unspecified atom stereocenters. The normalized spacial score (nSPS) is 23.0. The van der Waals surface area contributed by atoms with Crippen molar-refractivity contribution in [2.24, 2.45) is 0 Å². The van der Waals surface area contributed by atoms with Crippen molar-refractivity contribution in [2.45, 2.75) is 41.5 Å². The van der Waals surface area contributed by atoms with E-state index in [0.717, 1.165) is 30.0 Å². The van der Waals surface area contributed by atoms with Gasteiger partial charge in [-0.15, -0.1) is 24.2 Å². The van der Waals surface area contributed by atoms with Gasteiger partial charge in [0.05, 0.1) is 0 Å². The molecule has 0 saturated carbocycles. The first-order valence-electron chi connectivity index (χ1n) is 9.11. The summed E-state index contributed by atoms with van der Waals surface area (Å²) in [4.78, 5) is 16.6. The highest BCUT2D eigenvalue weighted by molar-refractivity contribution is 8.00. The summed E-state index contributed by atoms with van der Waals surface area (Å²) in [5.41, 5.74) is 1.09. The van der Waals surface area contributed by atoms with Gasteiger partial charge >= 0.3 is 0 Å². The average molecular weight is 389 g/mol. The lowest BCUT2D eigenvalue weighted by molar-refractivity contribution is -0.131. The van der Waals surface area contributed by atoms with E-state index in [9.17, 15) is 4.79 Å². The summed E-state index contributed by atoms with van der Waals surface area (Å²) in [6, 6.07) is 21.5. The van der Waals surface area contributed by atoms with Gasteiger partial charge in [-0.3, -0.25) is 4.79 Å². The first-order chi connectivity index (χ1) is 12.3. The van der Waals surface area contributed by atoms with Gasteiger partial charge in [-0.2, -0.15) is 0 Å². The molecule has 0 aromatic heterocycles. The molecule has 2 heterocycles. The molecule has 2 fully saturated rings. The van der Waals surface area contributed by atoms with Crippen molar-refractivity contribution in [3.63, 3.8) is 0 Å². The third-order valence-corrected chi connectivity index (χ3v) is 6.41. The van der Waals surface area contributed by atoms with Gasteiger partial charge in [0.1, 0.15) is 5.25 Å². The van der Waals surface area contributed by atoms with E-state index < -0.39 is 0 Å². The van der Waals surface area contributed by atoms with Gasteiger partial charge in [0.25, 0.3) is 0 Å². The number of nitrogens with one attached hydrogen (secondary N) is 1. The maximum absolute atomic E-state index is 13.4.